The van der Waals surface area contributed by atoms with E-state index in [-0.39, 0.29) is 29.9 Å². The van der Waals surface area contributed by atoms with Crippen molar-refractivity contribution in [3.05, 3.63) is 87.9 Å². The molecule has 0 bridgehead atoms. The number of nitrogens with one attached hydrogen (secondary N) is 2. The average Bonchev–Trinajstić information content (AvgIpc) is 3.37. The SMILES string of the molecule is CC(Nc1ccc(C(=O)NCc2ccc(OC3CCCC3)nc2)cc1[N+](=O)[O-])c1ccccn1. The Morgan fingerprint density at radius 2 is 2.00 bits per heavy atom. The van der Waals surface area contributed by atoms with Crippen molar-refractivity contribution in [3.8, 4) is 5.88 Å². The second-order valence-corrected chi connectivity index (χ2v) is 8.32. The number of ether oxygens (including phenoxy) is 1. The number of pyridine rings is 2. The van der Waals surface area contributed by atoms with Gasteiger partial charge in [-0.1, -0.05) is 12.1 Å². The standard InChI is InChI=1S/C25H27N5O4/c1-17(21-8-4-5-13-26-21)29-22-11-10-19(14-23(22)30(32)33)25(31)28-16-18-9-12-24(27-15-18)34-20-6-2-3-7-20/h4-5,8-15,17,20,29H,2-3,6-7,16H2,1H3,(H,28,31). The lowest BCUT2D eigenvalue weighted by Crippen LogP contribution is -2.23. The molecule has 2 N–H and O–H groups in total. The summed E-state index contributed by atoms with van der Waals surface area (Å²) in [6.07, 6.45) is 8.06. The molecule has 1 amide bonds. The number of benzene rings is 1. The molecule has 1 aliphatic rings. The maximum absolute atomic E-state index is 12.6. The Bertz CT molecular complexity index is 1130. The summed E-state index contributed by atoms with van der Waals surface area (Å²) in [5.74, 6) is 0.180. The van der Waals surface area contributed by atoms with E-state index in [2.05, 4.69) is 20.6 Å². The molecule has 0 aliphatic heterocycles. The first-order chi connectivity index (χ1) is 16.5. The van der Waals surface area contributed by atoms with Gasteiger partial charge in [0.25, 0.3) is 11.6 Å². The zero-order valence-electron chi connectivity index (χ0n) is 18.9. The lowest BCUT2D eigenvalue weighted by Gasteiger charge is -2.15. The minimum absolute atomic E-state index is 0.175. The highest BCUT2D eigenvalue weighted by Crippen LogP contribution is 2.29. The van der Waals surface area contributed by atoms with E-state index in [1.807, 2.05) is 25.1 Å². The highest BCUT2D eigenvalue weighted by Gasteiger charge is 2.20. The smallest absolute Gasteiger partial charge is 0.293 e. The number of nitrogens with zero attached hydrogens (tertiary/aromatic N) is 3. The van der Waals surface area contributed by atoms with Gasteiger partial charge in [0, 0.05) is 36.6 Å². The van der Waals surface area contributed by atoms with Crippen molar-refractivity contribution in [2.45, 2.75) is 51.3 Å². The molecule has 34 heavy (non-hydrogen) atoms. The number of aromatic nitrogens is 2. The molecule has 2 heterocycles. The van der Waals surface area contributed by atoms with Crippen molar-refractivity contribution in [2.75, 3.05) is 5.32 Å². The summed E-state index contributed by atoms with van der Waals surface area (Å²) in [4.78, 5) is 32.4. The van der Waals surface area contributed by atoms with E-state index < -0.39 is 10.8 Å². The van der Waals surface area contributed by atoms with E-state index in [1.165, 1.54) is 18.9 Å². The third kappa shape index (κ3) is 5.86. The molecule has 9 nitrogen and oxygen atoms in total. The van der Waals surface area contributed by atoms with Crippen LogP contribution in [0.25, 0.3) is 0 Å². The fourth-order valence-electron chi connectivity index (χ4n) is 3.93. The predicted octanol–water partition coefficient (Wildman–Crippen LogP) is 4.81. The van der Waals surface area contributed by atoms with Crippen molar-refractivity contribution >= 4 is 17.3 Å². The molecule has 1 aromatic carbocycles. The van der Waals surface area contributed by atoms with E-state index >= 15 is 0 Å². The van der Waals surface area contributed by atoms with Crippen molar-refractivity contribution in [1.29, 1.82) is 0 Å². The molecule has 0 spiro atoms. The molecule has 1 fully saturated rings. The molecule has 2 aromatic heterocycles. The maximum Gasteiger partial charge on any atom is 0.293 e. The number of anilines is 1. The van der Waals surface area contributed by atoms with Crippen LogP contribution in [0.15, 0.2) is 60.9 Å². The number of nitro benzene ring substituents is 1. The second kappa shape index (κ2) is 10.7. The van der Waals surface area contributed by atoms with Gasteiger partial charge >= 0.3 is 0 Å². The van der Waals surface area contributed by atoms with E-state index in [1.54, 1.807) is 36.7 Å². The lowest BCUT2D eigenvalue weighted by molar-refractivity contribution is -0.384. The minimum Gasteiger partial charge on any atom is -0.474 e. The van der Waals surface area contributed by atoms with Crippen molar-refractivity contribution in [3.63, 3.8) is 0 Å². The van der Waals surface area contributed by atoms with Gasteiger partial charge in [0.2, 0.25) is 5.88 Å². The molecule has 3 aromatic rings. The molecule has 1 saturated carbocycles. The Morgan fingerprint density at radius 3 is 2.68 bits per heavy atom. The van der Waals surface area contributed by atoms with Crippen LogP contribution in [0, 0.1) is 10.1 Å². The van der Waals surface area contributed by atoms with E-state index in [4.69, 9.17) is 4.74 Å². The summed E-state index contributed by atoms with van der Waals surface area (Å²) in [7, 11) is 0. The summed E-state index contributed by atoms with van der Waals surface area (Å²) in [6, 6.07) is 13.3. The summed E-state index contributed by atoms with van der Waals surface area (Å²) in [5.41, 5.74) is 1.92. The van der Waals surface area contributed by atoms with Crippen molar-refractivity contribution < 1.29 is 14.5 Å². The first-order valence-corrected chi connectivity index (χ1v) is 11.4. The quantitative estimate of drug-likeness (QED) is 0.347. The number of nitro groups is 1. The summed E-state index contributed by atoms with van der Waals surface area (Å²) in [6.45, 7) is 2.12. The van der Waals surface area contributed by atoms with Crippen LogP contribution in [0.4, 0.5) is 11.4 Å². The van der Waals surface area contributed by atoms with Gasteiger partial charge in [-0.3, -0.25) is 19.9 Å². The van der Waals surface area contributed by atoms with Crippen molar-refractivity contribution in [2.24, 2.45) is 0 Å². The Kier molecular flexibility index (Phi) is 7.31. The topological polar surface area (TPSA) is 119 Å². The van der Waals surface area contributed by atoms with Crippen LogP contribution in [-0.4, -0.2) is 26.9 Å². The number of hydrogen-bond acceptors (Lipinski definition) is 7. The zero-order chi connectivity index (χ0) is 23.9. The van der Waals surface area contributed by atoms with Gasteiger partial charge < -0.3 is 15.4 Å². The Balaban J connectivity index is 1.37. The number of rotatable bonds is 9. The van der Waals surface area contributed by atoms with Gasteiger partial charge in [0.05, 0.1) is 16.7 Å². The van der Waals surface area contributed by atoms with Crippen molar-refractivity contribution in [1.82, 2.24) is 15.3 Å². The fraction of sp³-hybridized carbons (Fsp3) is 0.320. The largest absolute Gasteiger partial charge is 0.474 e. The predicted molar refractivity (Wildman–Crippen MR) is 128 cm³/mol. The highest BCUT2D eigenvalue weighted by molar-refractivity contribution is 5.95. The number of hydrogen-bond donors (Lipinski definition) is 2. The van der Waals surface area contributed by atoms with E-state index in [0.717, 1.165) is 24.1 Å². The number of carbonyl (C=O) groups is 1. The molecule has 0 saturated heterocycles. The Hall–Kier alpha value is -4.01. The fourth-order valence-corrected chi connectivity index (χ4v) is 3.93. The van der Waals surface area contributed by atoms with Gasteiger partial charge in [-0.2, -0.15) is 0 Å². The molecular weight excluding hydrogens is 434 g/mol. The van der Waals surface area contributed by atoms with Crippen LogP contribution >= 0.6 is 0 Å². The zero-order valence-corrected chi connectivity index (χ0v) is 18.9. The summed E-state index contributed by atoms with van der Waals surface area (Å²) >= 11 is 0. The molecule has 0 radical (unpaired) electrons. The van der Waals surface area contributed by atoms with Crippen LogP contribution in [0.2, 0.25) is 0 Å². The van der Waals surface area contributed by atoms with E-state index in [9.17, 15) is 14.9 Å². The highest BCUT2D eigenvalue weighted by atomic mass is 16.6. The molecule has 1 aliphatic carbocycles. The van der Waals surface area contributed by atoms with Gasteiger partial charge in [-0.25, -0.2) is 4.98 Å². The van der Waals surface area contributed by atoms with Gasteiger partial charge in [-0.15, -0.1) is 0 Å². The first-order valence-electron chi connectivity index (χ1n) is 11.4. The van der Waals surface area contributed by atoms with Crippen LogP contribution < -0.4 is 15.4 Å². The third-order valence-electron chi connectivity index (χ3n) is 5.80. The van der Waals surface area contributed by atoms with Crippen LogP contribution in [0.1, 0.15) is 60.3 Å². The van der Waals surface area contributed by atoms with Crippen LogP contribution in [0.5, 0.6) is 5.88 Å². The molecule has 1 unspecified atom stereocenters. The normalized spacial score (nSPS) is 14.4. The van der Waals surface area contributed by atoms with Gasteiger partial charge in [0.1, 0.15) is 11.8 Å². The molecule has 4 rings (SSSR count). The minimum atomic E-state index is -0.503. The second-order valence-electron chi connectivity index (χ2n) is 8.32. The molecule has 9 heteroatoms. The van der Waals surface area contributed by atoms with Crippen LogP contribution in [-0.2, 0) is 6.54 Å². The molecule has 176 valence electrons. The number of amides is 1. The summed E-state index contributed by atoms with van der Waals surface area (Å²) < 4.78 is 5.86. The molecule has 1 atom stereocenters. The number of carbonyl (C=O) groups excluding carboxylic acids is 1. The lowest BCUT2D eigenvalue weighted by atomic mass is 10.1. The summed E-state index contributed by atoms with van der Waals surface area (Å²) in [5, 5.41) is 17.5. The van der Waals surface area contributed by atoms with Gasteiger partial charge in [-0.05, 0) is 62.4 Å². The van der Waals surface area contributed by atoms with Gasteiger partial charge in [0.15, 0.2) is 0 Å². The first kappa shape index (κ1) is 23.2. The Morgan fingerprint density at radius 1 is 1.18 bits per heavy atom. The molecular formula is C25H27N5O4. The van der Waals surface area contributed by atoms with Crippen LogP contribution in [0.3, 0.4) is 0 Å². The maximum atomic E-state index is 12.6. The van der Waals surface area contributed by atoms with E-state index in [0.29, 0.717) is 11.6 Å². The monoisotopic (exact) mass is 461 g/mol. The average molecular weight is 462 g/mol. The Labute approximate surface area is 197 Å². The third-order valence-corrected chi connectivity index (χ3v) is 5.80.